The summed E-state index contributed by atoms with van der Waals surface area (Å²) < 4.78 is 6.50. The second-order valence-corrected chi connectivity index (χ2v) is 13.4. The van der Waals surface area contributed by atoms with Crippen molar-refractivity contribution in [2.75, 3.05) is 4.90 Å². The lowest BCUT2D eigenvalue weighted by atomic mass is 9.94. The standard InChI is InChI=1S/C50H33NO/c1-2-11-34(12-3-1)40-17-10-18-44(33-40)51(43-27-25-37(26-28-43)41-23-21-35-13-4-6-15-38(35)31-41)46-29-30-48-50(45-19-8-9-20-47(45)52-48)49(46)42-24-22-36-14-5-7-16-39(36)32-42/h1-33H. The lowest BCUT2D eigenvalue weighted by molar-refractivity contribution is 0.669. The van der Waals surface area contributed by atoms with E-state index in [2.05, 4.69) is 199 Å². The average molecular weight is 664 g/mol. The lowest BCUT2D eigenvalue weighted by Crippen LogP contribution is -2.11. The van der Waals surface area contributed by atoms with Crippen LogP contribution in [0.2, 0.25) is 0 Å². The molecule has 2 heteroatoms. The Balaban J connectivity index is 1.22. The predicted molar refractivity (Wildman–Crippen MR) is 220 cm³/mol. The van der Waals surface area contributed by atoms with Crippen LogP contribution in [0.4, 0.5) is 17.1 Å². The van der Waals surface area contributed by atoms with Crippen molar-refractivity contribution in [1.82, 2.24) is 0 Å². The van der Waals surface area contributed by atoms with E-state index in [1.54, 1.807) is 0 Å². The Hall–Kier alpha value is -6.90. The van der Waals surface area contributed by atoms with Gasteiger partial charge in [0.15, 0.2) is 0 Å². The highest BCUT2D eigenvalue weighted by Gasteiger charge is 2.23. The Bertz CT molecular complexity index is 2900. The molecule has 0 atom stereocenters. The number of hydrogen-bond donors (Lipinski definition) is 0. The van der Waals surface area contributed by atoms with Crippen LogP contribution in [0.5, 0.6) is 0 Å². The molecule has 2 nitrogen and oxygen atoms in total. The Morgan fingerprint density at radius 2 is 0.904 bits per heavy atom. The van der Waals surface area contributed by atoms with Crippen LogP contribution in [0.3, 0.4) is 0 Å². The maximum absolute atomic E-state index is 6.50. The minimum Gasteiger partial charge on any atom is -0.456 e. The van der Waals surface area contributed by atoms with E-state index in [0.717, 1.165) is 55.7 Å². The summed E-state index contributed by atoms with van der Waals surface area (Å²) in [7, 11) is 0. The Labute approximate surface area is 302 Å². The van der Waals surface area contributed by atoms with Gasteiger partial charge in [-0.15, -0.1) is 0 Å². The quantitative estimate of drug-likeness (QED) is 0.176. The first-order valence-corrected chi connectivity index (χ1v) is 17.8. The van der Waals surface area contributed by atoms with Crippen LogP contribution in [0.15, 0.2) is 205 Å². The van der Waals surface area contributed by atoms with Gasteiger partial charge in [0.1, 0.15) is 11.2 Å². The number of fused-ring (bicyclic) bond motifs is 5. The minimum absolute atomic E-state index is 0.873. The molecule has 244 valence electrons. The van der Waals surface area contributed by atoms with Crippen LogP contribution in [0.25, 0.3) is 76.9 Å². The molecule has 1 heterocycles. The lowest BCUT2D eigenvalue weighted by Gasteiger charge is -2.29. The van der Waals surface area contributed by atoms with Crippen molar-refractivity contribution < 1.29 is 4.42 Å². The predicted octanol–water partition coefficient (Wildman–Crippen LogP) is 14.4. The summed E-state index contributed by atoms with van der Waals surface area (Å²) in [5.74, 6) is 0. The molecule has 0 saturated heterocycles. The molecule has 0 radical (unpaired) electrons. The van der Waals surface area contributed by atoms with E-state index in [9.17, 15) is 0 Å². The smallest absolute Gasteiger partial charge is 0.136 e. The van der Waals surface area contributed by atoms with Gasteiger partial charge in [0.05, 0.1) is 5.69 Å². The van der Waals surface area contributed by atoms with E-state index < -0.39 is 0 Å². The van der Waals surface area contributed by atoms with Gasteiger partial charge in [-0.2, -0.15) is 0 Å². The largest absolute Gasteiger partial charge is 0.456 e. The fourth-order valence-electron chi connectivity index (χ4n) is 7.68. The van der Waals surface area contributed by atoms with Gasteiger partial charge in [-0.3, -0.25) is 0 Å². The van der Waals surface area contributed by atoms with Gasteiger partial charge >= 0.3 is 0 Å². The molecule has 0 bridgehead atoms. The zero-order chi connectivity index (χ0) is 34.4. The van der Waals surface area contributed by atoms with Gasteiger partial charge in [-0.05, 0) is 104 Å². The van der Waals surface area contributed by atoms with Gasteiger partial charge in [0.25, 0.3) is 0 Å². The summed E-state index contributed by atoms with van der Waals surface area (Å²) in [6.45, 7) is 0. The molecule has 0 unspecified atom stereocenters. The summed E-state index contributed by atoms with van der Waals surface area (Å²) in [6, 6.07) is 71.8. The van der Waals surface area contributed by atoms with E-state index in [-0.39, 0.29) is 0 Å². The first-order valence-electron chi connectivity index (χ1n) is 17.8. The molecule has 0 aliphatic carbocycles. The van der Waals surface area contributed by atoms with Crippen molar-refractivity contribution >= 4 is 60.5 Å². The highest BCUT2D eigenvalue weighted by Crippen LogP contribution is 2.48. The van der Waals surface area contributed by atoms with Crippen molar-refractivity contribution in [2.45, 2.75) is 0 Å². The number of benzene rings is 9. The van der Waals surface area contributed by atoms with Crippen molar-refractivity contribution in [3.63, 3.8) is 0 Å². The zero-order valence-corrected chi connectivity index (χ0v) is 28.4. The maximum Gasteiger partial charge on any atom is 0.136 e. The fourth-order valence-corrected chi connectivity index (χ4v) is 7.68. The minimum atomic E-state index is 0.873. The number of furan rings is 1. The van der Waals surface area contributed by atoms with Crippen molar-refractivity contribution in [2.24, 2.45) is 0 Å². The van der Waals surface area contributed by atoms with Crippen LogP contribution in [-0.4, -0.2) is 0 Å². The normalized spacial score (nSPS) is 11.5. The van der Waals surface area contributed by atoms with Gasteiger partial charge in [-0.25, -0.2) is 0 Å². The third-order valence-corrected chi connectivity index (χ3v) is 10.2. The summed E-state index contributed by atoms with van der Waals surface area (Å²) in [6.07, 6.45) is 0. The number of nitrogens with zero attached hydrogens (tertiary/aromatic N) is 1. The molecule has 10 rings (SSSR count). The summed E-state index contributed by atoms with van der Waals surface area (Å²) in [4.78, 5) is 2.41. The molecule has 0 saturated carbocycles. The van der Waals surface area contributed by atoms with Crippen LogP contribution < -0.4 is 4.90 Å². The van der Waals surface area contributed by atoms with Crippen LogP contribution >= 0.6 is 0 Å². The molecule has 10 aromatic rings. The molecule has 0 amide bonds. The van der Waals surface area contributed by atoms with Gasteiger partial charge in [-0.1, -0.05) is 146 Å². The number of para-hydroxylation sites is 1. The van der Waals surface area contributed by atoms with Gasteiger partial charge in [0, 0.05) is 27.7 Å². The molecule has 0 aliphatic heterocycles. The van der Waals surface area contributed by atoms with Crippen LogP contribution in [0.1, 0.15) is 0 Å². The molecule has 0 spiro atoms. The molecule has 52 heavy (non-hydrogen) atoms. The van der Waals surface area contributed by atoms with E-state index in [0.29, 0.717) is 0 Å². The molecular formula is C50H33NO. The fraction of sp³-hybridized carbons (Fsp3) is 0. The molecule has 0 aliphatic rings. The topological polar surface area (TPSA) is 16.4 Å². The van der Waals surface area contributed by atoms with E-state index in [4.69, 9.17) is 4.42 Å². The number of rotatable bonds is 6. The van der Waals surface area contributed by atoms with Gasteiger partial charge < -0.3 is 9.32 Å². The SMILES string of the molecule is c1ccc(-c2cccc(N(c3ccc(-c4ccc5ccccc5c4)cc3)c3ccc4oc5ccccc5c4c3-c3ccc4ccccc4c3)c2)cc1. The molecule has 0 fully saturated rings. The first-order chi connectivity index (χ1) is 25.8. The maximum atomic E-state index is 6.50. The zero-order valence-electron chi connectivity index (χ0n) is 28.4. The number of hydrogen-bond acceptors (Lipinski definition) is 2. The third kappa shape index (κ3) is 5.21. The Kier molecular flexibility index (Phi) is 7.18. The van der Waals surface area contributed by atoms with Gasteiger partial charge in [0.2, 0.25) is 0 Å². The van der Waals surface area contributed by atoms with Crippen molar-refractivity contribution in [3.8, 4) is 33.4 Å². The third-order valence-electron chi connectivity index (χ3n) is 10.2. The van der Waals surface area contributed by atoms with E-state index in [1.807, 2.05) is 6.07 Å². The highest BCUT2D eigenvalue weighted by atomic mass is 16.3. The molecule has 9 aromatic carbocycles. The Morgan fingerprint density at radius 1 is 0.327 bits per heavy atom. The number of anilines is 3. The van der Waals surface area contributed by atoms with Crippen molar-refractivity contribution in [3.05, 3.63) is 200 Å². The van der Waals surface area contributed by atoms with Crippen LogP contribution in [-0.2, 0) is 0 Å². The van der Waals surface area contributed by atoms with Crippen LogP contribution in [0, 0.1) is 0 Å². The average Bonchev–Trinajstić information content (AvgIpc) is 3.60. The molecule has 1 aromatic heterocycles. The second-order valence-electron chi connectivity index (χ2n) is 13.4. The molecular weight excluding hydrogens is 631 g/mol. The van der Waals surface area contributed by atoms with E-state index in [1.165, 1.54) is 38.2 Å². The first kappa shape index (κ1) is 30.0. The summed E-state index contributed by atoms with van der Waals surface area (Å²) >= 11 is 0. The highest BCUT2D eigenvalue weighted by molar-refractivity contribution is 6.17. The van der Waals surface area contributed by atoms with Crippen molar-refractivity contribution in [1.29, 1.82) is 0 Å². The summed E-state index contributed by atoms with van der Waals surface area (Å²) in [5.41, 5.74) is 12.0. The monoisotopic (exact) mass is 663 g/mol. The summed E-state index contributed by atoms with van der Waals surface area (Å²) in [5, 5.41) is 7.12. The second kappa shape index (κ2) is 12.5. The van der Waals surface area contributed by atoms with E-state index >= 15 is 0 Å². The molecule has 0 N–H and O–H groups in total. The Morgan fingerprint density at radius 3 is 1.67 bits per heavy atom.